The average Bonchev–Trinajstić information content (AvgIpc) is 3.09. The fraction of sp³-hybridized carbons (Fsp3) is 0.105. The summed E-state index contributed by atoms with van der Waals surface area (Å²) in [7, 11) is 1.62. The molecular weight excluding hydrogens is 370 g/mol. The number of benzene rings is 1. The van der Waals surface area contributed by atoms with E-state index in [0.29, 0.717) is 21.9 Å². The van der Waals surface area contributed by atoms with Crippen molar-refractivity contribution in [1.82, 2.24) is 14.5 Å². The van der Waals surface area contributed by atoms with Crippen LogP contribution >= 0.6 is 22.9 Å². The lowest BCUT2D eigenvalue weighted by atomic mass is 10.2. The van der Waals surface area contributed by atoms with Crippen LogP contribution in [0.3, 0.4) is 0 Å². The number of hydrogen-bond donors (Lipinski definition) is 0. The van der Waals surface area contributed by atoms with Crippen molar-refractivity contribution in [2.45, 2.75) is 6.54 Å². The number of methoxy groups -OCH3 is 1. The van der Waals surface area contributed by atoms with Crippen molar-refractivity contribution in [2.75, 3.05) is 7.11 Å². The molecule has 0 aliphatic rings. The maximum absolute atomic E-state index is 12.9. The number of pyridine rings is 1. The van der Waals surface area contributed by atoms with E-state index in [1.165, 1.54) is 11.3 Å². The summed E-state index contributed by atoms with van der Waals surface area (Å²) >= 11 is 7.43. The van der Waals surface area contributed by atoms with Gasteiger partial charge in [0.05, 0.1) is 25.4 Å². The molecular formula is C19H14ClN3O2S. The van der Waals surface area contributed by atoms with E-state index in [1.54, 1.807) is 30.3 Å². The molecule has 5 nitrogen and oxygen atoms in total. The third-order valence-corrected chi connectivity index (χ3v) is 5.32. The maximum Gasteiger partial charge on any atom is 0.262 e. The minimum Gasteiger partial charge on any atom is -0.497 e. The Bertz CT molecular complexity index is 1150. The number of halogens is 1. The van der Waals surface area contributed by atoms with Crippen molar-refractivity contribution < 1.29 is 4.74 Å². The Balaban J connectivity index is 1.74. The standard InChI is InChI=1S/C19H14ClN3O2S/c1-25-14-4-2-3-12(7-14)10-23-11-22-18-15(19(23)24)9-16(26-18)13-5-6-21-17(20)8-13/h2-9,11H,10H2,1H3. The second-order valence-electron chi connectivity index (χ2n) is 5.73. The first-order chi connectivity index (χ1) is 12.6. The van der Waals surface area contributed by atoms with Crippen LogP contribution in [0, 0.1) is 0 Å². The molecule has 0 bridgehead atoms. The van der Waals surface area contributed by atoms with Crippen LogP contribution in [0.1, 0.15) is 5.56 Å². The van der Waals surface area contributed by atoms with Gasteiger partial charge in [0.2, 0.25) is 0 Å². The van der Waals surface area contributed by atoms with Gasteiger partial charge >= 0.3 is 0 Å². The molecule has 7 heteroatoms. The molecule has 1 aromatic carbocycles. The topological polar surface area (TPSA) is 57.0 Å². The Kier molecular flexibility index (Phi) is 4.44. The minimum atomic E-state index is -0.0690. The zero-order valence-electron chi connectivity index (χ0n) is 13.8. The molecule has 3 heterocycles. The Hall–Kier alpha value is -2.70. The molecule has 4 rings (SSSR count). The van der Waals surface area contributed by atoms with Gasteiger partial charge in [0.1, 0.15) is 15.7 Å². The predicted molar refractivity (Wildman–Crippen MR) is 104 cm³/mol. The summed E-state index contributed by atoms with van der Waals surface area (Å²) in [5.74, 6) is 0.761. The van der Waals surface area contributed by atoms with Crippen LogP contribution in [0.15, 0.2) is 59.8 Å². The molecule has 0 radical (unpaired) electrons. The zero-order valence-corrected chi connectivity index (χ0v) is 15.4. The molecule has 0 aliphatic carbocycles. The molecule has 0 amide bonds. The zero-order chi connectivity index (χ0) is 18.1. The van der Waals surface area contributed by atoms with E-state index in [9.17, 15) is 4.79 Å². The van der Waals surface area contributed by atoms with Gasteiger partial charge in [0.25, 0.3) is 5.56 Å². The van der Waals surface area contributed by atoms with E-state index < -0.39 is 0 Å². The van der Waals surface area contributed by atoms with E-state index in [-0.39, 0.29) is 5.56 Å². The van der Waals surface area contributed by atoms with Gasteiger partial charge in [-0.1, -0.05) is 23.7 Å². The summed E-state index contributed by atoms with van der Waals surface area (Å²) in [5.41, 5.74) is 1.83. The van der Waals surface area contributed by atoms with Crippen LogP contribution in [0.2, 0.25) is 5.15 Å². The molecule has 4 aromatic rings. The number of fused-ring (bicyclic) bond motifs is 1. The van der Waals surface area contributed by atoms with Gasteiger partial charge in [-0.2, -0.15) is 0 Å². The highest BCUT2D eigenvalue weighted by Crippen LogP contribution is 2.31. The van der Waals surface area contributed by atoms with E-state index in [2.05, 4.69) is 9.97 Å². The first kappa shape index (κ1) is 16.8. The van der Waals surface area contributed by atoms with Crippen molar-refractivity contribution in [1.29, 1.82) is 0 Å². The lowest BCUT2D eigenvalue weighted by molar-refractivity contribution is 0.414. The second kappa shape index (κ2) is 6.90. The maximum atomic E-state index is 12.9. The quantitative estimate of drug-likeness (QED) is 0.495. The van der Waals surface area contributed by atoms with E-state index in [4.69, 9.17) is 16.3 Å². The predicted octanol–water partition coefficient (Wildman–Crippen LogP) is 4.23. The van der Waals surface area contributed by atoms with Crippen molar-refractivity contribution in [3.63, 3.8) is 0 Å². The van der Waals surface area contributed by atoms with Crippen molar-refractivity contribution in [3.05, 3.63) is 76.1 Å². The van der Waals surface area contributed by atoms with Crippen molar-refractivity contribution in [2.24, 2.45) is 0 Å². The first-order valence-corrected chi connectivity index (χ1v) is 9.07. The van der Waals surface area contributed by atoms with Gasteiger partial charge in [-0.05, 0) is 41.5 Å². The number of rotatable bonds is 4. The molecule has 130 valence electrons. The summed E-state index contributed by atoms with van der Waals surface area (Å²) < 4.78 is 6.84. The van der Waals surface area contributed by atoms with E-state index in [0.717, 1.165) is 21.8 Å². The fourth-order valence-corrected chi connectivity index (χ4v) is 3.90. The molecule has 0 atom stereocenters. The number of aromatic nitrogens is 3. The minimum absolute atomic E-state index is 0.0690. The Morgan fingerprint density at radius 2 is 2.08 bits per heavy atom. The van der Waals surface area contributed by atoms with Gasteiger partial charge < -0.3 is 4.74 Å². The summed E-state index contributed by atoms with van der Waals surface area (Å²) in [5, 5.41) is 1.02. The second-order valence-corrected chi connectivity index (χ2v) is 7.14. The first-order valence-electron chi connectivity index (χ1n) is 7.88. The van der Waals surface area contributed by atoms with Gasteiger partial charge in [-0.15, -0.1) is 11.3 Å². The van der Waals surface area contributed by atoms with Gasteiger partial charge in [-0.25, -0.2) is 9.97 Å². The molecule has 0 spiro atoms. The van der Waals surface area contributed by atoms with Crippen LogP contribution in [0.4, 0.5) is 0 Å². The summed E-state index contributed by atoms with van der Waals surface area (Å²) in [6.45, 7) is 0.436. The highest BCUT2D eigenvalue weighted by atomic mass is 35.5. The highest BCUT2D eigenvalue weighted by Gasteiger charge is 2.11. The lowest BCUT2D eigenvalue weighted by Crippen LogP contribution is -2.20. The van der Waals surface area contributed by atoms with Crippen LogP contribution in [-0.2, 0) is 6.54 Å². The fourth-order valence-electron chi connectivity index (χ4n) is 2.74. The van der Waals surface area contributed by atoms with Crippen molar-refractivity contribution >= 4 is 33.2 Å². The molecule has 3 aromatic heterocycles. The molecule has 0 saturated carbocycles. The third kappa shape index (κ3) is 3.21. The van der Waals surface area contributed by atoms with Crippen LogP contribution in [0.5, 0.6) is 5.75 Å². The molecule has 0 N–H and O–H groups in total. The van der Waals surface area contributed by atoms with Crippen LogP contribution in [0.25, 0.3) is 20.7 Å². The summed E-state index contributed by atoms with van der Waals surface area (Å²) in [6.07, 6.45) is 3.24. The van der Waals surface area contributed by atoms with Crippen LogP contribution in [-0.4, -0.2) is 21.6 Å². The number of ether oxygens (including phenoxy) is 1. The average molecular weight is 384 g/mol. The van der Waals surface area contributed by atoms with E-state index >= 15 is 0 Å². The Labute approximate surface area is 158 Å². The Morgan fingerprint density at radius 1 is 1.19 bits per heavy atom. The molecule has 0 saturated heterocycles. The van der Waals surface area contributed by atoms with Gasteiger partial charge in [-0.3, -0.25) is 9.36 Å². The van der Waals surface area contributed by atoms with Crippen LogP contribution < -0.4 is 10.3 Å². The monoisotopic (exact) mass is 383 g/mol. The van der Waals surface area contributed by atoms with Gasteiger partial charge in [0, 0.05) is 11.1 Å². The van der Waals surface area contributed by atoms with Crippen molar-refractivity contribution in [3.8, 4) is 16.2 Å². The molecule has 0 unspecified atom stereocenters. The Morgan fingerprint density at radius 3 is 2.88 bits per heavy atom. The van der Waals surface area contributed by atoms with Gasteiger partial charge in [0.15, 0.2) is 0 Å². The number of thiophene rings is 1. The summed E-state index contributed by atoms with van der Waals surface area (Å²) in [4.78, 5) is 22.9. The third-order valence-electron chi connectivity index (χ3n) is 4.02. The SMILES string of the molecule is COc1cccc(Cn2cnc3sc(-c4ccnc(Cl)c4)cc3c2=O)c1. The molecule has 26 heavy (non-hydrogen) atoms. The summed E-state index contributed by atoms with van der Waals surface area (Å²) in [6, 6.07) is 13.2. The largest absolute Gasteiger partial charge is 0.497 e. The number of nitrogens with zero attached hydrogens (tertiary/aromatic N) is 3. The van der Waals surface area contributed by atoms with E-state index in [1.807, 2.05) is 36.4 Å². The molecule has 0 aliphatic heterocycles. The lowest BCUT2D eigenvalue weighted by Gasteiger charge is -2.07. The molecule has 0 fully saturated rings. The number of hydrogen-bond acceptors (Lipinski definition) is 5. The normalized spacial score (nSPS) is 11.0. The highest BCUT2D eigenvalue weighted by molar-refractivity contribution is 7.21. The smallest absolute Gasteiger partial charge is 0.262 e.